The van der Waals surface area contributed by atoms with Gasteiger partial charge >= 0.3 is 0 Å². The fourth-order valence-electron chi connectivity index (χ4n) is 1.01. The van der Waals surface area contributed by atoms with Gasteiger partial charge in [0.15, 0.2) is 0 Å². The molecule has 0 aromatic carbocycles. The second-order valence-corrected chi connectivity index (χ2v) is 3.79. The number of nitrogens with zero attached hydrogens (tertiary/aromatic N) is 4. The lowest BCUT2D eigenvalue weighted by Gasteiger charge is -2.12. The molecule has 0 aliphatic heterocycles. The normalized spacial score (nSPS) is 9.64. The van der Waals surface area contributed by atoms with E-state index in [9.17, 15) is 0 Å². The third-order valence-electron chi connectivity index (χ3n) is 1.75. The number of aromatic nitrogens is 2. The van der Waals surface area contributed by atoms with Crippen LogP contribution in [0.2, 0.25) is 0 Å². The Hall–Kier alpha value is -1.28. The lowest BCUT2D eigenvalue weighted by atomic mass is 10.3. The van der Waals surface area contributed by atoms with Gasteiger partial charge in [-0.05, 0) is 13.2 Å². The highest BCUT2D eigenvalue weighted by atomic mass is 32.2. The molecule has 1 rings (SSSR count). The topological polar surface area (TPSA) is 52.8 Å². The molecule has 1 aromatic heterocycles. The fraction of sp³-hybridized carbons (Fsp3) is 0.444. The van der Waals surface area contributed by atoms with Crippen molar-refractivity contribution in [2.45, 2.75) is 11.9 Å². The van der Waals surface area contributed by atoms with Crippen molar-refractivity contribution >= 4 is 17.7 Å². The van der Waals surface area contributed by atoms with Gasteiger partial charge in [-0.25, -0.2) is 9.97 Å². The summed E-state index contributed by atoms with van der Waals surface area (Å²) in [6.07, 6.45) is 1.90. The van der Waals surface area contributed by atoms with Crippen LogP contribution in [0.1, 0.15) is 11.3 Å². The van der Waals surface area contributed by atoms with Crippen LogP contribution >= 0.6 is 11.8 Å². The Labute approximate surface area is 88.0 Å². The number of aryl methyl sites for hydroxylation is 1. The third kappa shape index (κ3) is 1.96. The van der Waals surface area contributed by atoms with Crippen molar-refractivity contribution < 1.29 is 0 Å². The summed E-state index contributed by atoms with van der Waals surface area (Å²) in [6, 6.07) is 2.12. The van der Waals surface area contributed by atoms with E-state index in [4.69, 9.17) is 5.26 Å². The molecule has 1 heterocycles. The molecule has 4 nitrogen and oxygen atoms in total. The number of rotatable bonds is 2. The van der Waals surface area contributed by atoms with E-state index in [1.807, 2.05) is 32.2 Å². The van der Waals surface area contributed by atoms with Gasteiger partial charge in [0.05, 0.1) is 5.69 Å². The fourth-order valence-corrected chi connectivity index (χ4v) is 1.58. The van der Waals surface area contributed by atoms with Gasteiger partial charge < -0.3 is 4.90 Å². The number of anilines is 1. The Bertz CT molecular complexity index is 381. The van der Waals surface area contributed by atoms with Crippen LogP contribution in [0.25, 0.3) is 0 Å². The Balaban J connectivity index is 3.33. The summed E-state index contributed by atoms with van der Waals surface area (Å²) in [7, 11) is 3.76. The van der Waals surface area contributed by atoms with E-state index in [2.05, 4.69) is 16.0 Å². The summed E-state index contributed by atoms with van der Waals surface area (Å²) in [5.41, 5.74) is 1.30. The van der Waals surface area contributed by atoms with Crippen molar-refractivity contribution in [3.05, 3.63) is 11.3 Å². The van der Waals surface area contributed by atoms with Crippen LogP contribution in [-0.4, -0.2) is 30.3 Å². The lowest BCUT2D eigenvalue weighted by molar-refractivity contribution is 0.920. The highest BCUT2D eigenvalue weighted by Gasteiger charge is 2.11. The Morgan fingerprint density at radius 3 is 2.43 bits per heavy atom. The van der Waals surface area contributed by atoms with Gasteiger partial charge in [-0.15, -0.1) is 11.8 Å². The highest BCUT2D eigenvalue weighted by molar-refractivity contribution is 7.98. The largest absolute Gasteiger partial charge is 0.347 e. The first-order chi connectivity index (χ1) is 6.60. The van der Waals surface area contributed by atoms with Crippen molar-refractivity contribution in [2.75, 3.05) is 25.3 Å². The lowest BCUT2D eigenvalue weighted by Crippen LogP contribution is -2.14. The zero-order valence-corrected chi connectivity index (χ0v) is 9.51. The molecule has 0 atom stereocenters. The smallest absolute Gasteiger partial charge is 0.226 e. The molecule has 0 spiro atoms. The predicted octanol–water partition coefficient (Wildman–Crippen LogP) is 1.44. The molecule has 5 heteroatoms. The summed E-state index contributed by atoms with van der Waals surface area (Å²) in [6.45, 7) is 1.83. The molecule has 0 radical (unpaired) electrons. The van der Waals surface area contributed by atoms with Crippen LogP contribution in [0.5, 0.6) is 0 Å². The van der Waals surface area contributed by atoms with Crippen molar-refractivity contribution in [3.63, 3.8) is 0 Å². The van der Waals surface area contributed by atoms with Crippen LogP contribution in [0.3, 0.4) is 0 Å². The molecule has 0 saturated heterocycles. The summed E-state index contributed by atoms with van der Waals surface area (Å²) in [5, 5.41) is 9.64. The molecule has 0 bridgehead atoms. The maximum Gasteiger partial charge on any atom is 0.226 e. The average molecular weight is 208 g/mol. The van der Waals surface area contributed by atoms with Gasteiger partial charge in [0.25, 0.3) is 0 Å². The molecule has 0 N–H and O–H groups in total. The molecular formula is C9H12N4S. The maximum absolute atomic E-state index is 8.90. The molecule has 1 aromatic rings. The second kappa shape index (κ2) is 4.29. The standard InChI is InChI=1S/C9H12N4S/c1-6-7(5-10)8(14-4)12-9(11-6)13(2)3/h1-4H3. The highest BCUT2D eigenvalue weighted by Crippen LogP contribution is 2.21. The Morgan fingerprint density at radius 1 is 1.36 bits per heavy atom. The molecular weight excluding hydrogens is 196 g/mol. The summed E-state index contributed by atoms with van der Waals surface area (Å²) >= 11 is 1.47. The molecule has 0 fully saturated rings. The minimum absolute atomic E-state index is 0.572. The molecule has 0 unspecified atom stereocenters. The summed E-state index contributed by atoms with van der Waals surface area (Å²) in [5.74, 6) is 0.644. The number of thioether (sulfide) groups is 1. The Morgan fingerprint density at radius 2 is 2.00 bits per heavy atom. The minimum atomic E-state index is 0.572. The third-order valence-corrected chi connectivity index (χ3v) is 2.43. The van der Waals surface area contributed by atoms with Crippen LogP contribution in [0, 0.1) is 18.3 Å². The maximum atomic E-state index is 8.90. The van der Waals surface area contributed by atoms with Crippen molar-refractivity contribution in [3.8, 4) is 6.07 Å². The predicted molar refractivity (Wildman–Crippen MR) is 57.6 cm³/mol. The Kier molecular flexibility index (Phi) is 3.31. The number of nitriles is 1. The second-order valence-electron chi connectivity index (χ2n) is 3.00. The van der Waals surface area contributed by atoms with Gasteiger partial charge in [0.1, 0.15) is 16.7 Å². The number of hydrogen-bond donors (Lipinski definition) is 0. The zero-order chi connectivity index (χ0) is 10.7. The van der Waals surface area contributed by atoms with Crippen LogP contribution in [0.15, 0.2) is 5.03 Å². The average Bonchev–Trinajstić information content (AvgIpc) is 2.16. The monoisotopic (exact) mass is 208 g/mol. The van der Waals surface area contributed by atoms with Crippen molar-refractivity contribution in [1.82, 2.24) is 9.97 Å². The SMILES string of the molecule is CSc1nc(N(C)C)nc(C)c1C#N. The molecule has 0 saturated carbocycles. The first kappa shape index (κ1) is 10.8. The van der Waals surface area contributed by atoms with E-state index in [1.54, 1.807) is 0 Å². The van der Waals surface area contributed by atoms with Crippen LogP contribution in [-0.2, 0) is 0 Å². The van der Waals surface area contributed by atoms with E-state index in [0.717, 1.165) is 10.7 Å². The van der Waals surface area contributed by atoms with Gasteiger partial charge in [0, 0.05) is 14.1 Å². The van der Waals surface area contributed by atoms with Crippen molar-refractivity contribution in [1.29, 1.82) is 5.26 Å². The molecule has 74 valence electrons. The van der Waals surface area contributed by atoms with Gasteiger partial charge in [-0.1, -0.05) is 0 Å². The molecule has 14 heavy (non-hydrogen) atoms. The first-order valence-corrected chi connectivity index (χ1v) is 5.32. The first-order valence-electron chi connectivity index (χ1n) is 4.10. The van der Waals surface area contributed by atoms with Gasteiger partial charge in [-0.2, -0.15) is 5.26 Å². The minimum Gasteiger partial charge on any atom is -0.347 e. The van der Waals surface area contributed by atoms with E-state index < -0.39 is 0 Å². The summed E-state index contributed by atoms with van der Waals surface area (Å²) in [4.78, 5) is 10.3. The zero-order valence-electron chi connectivity index (χ0n) is 8.70. The van der Waals surface area contributed by atoms with E-state index in [0.29, 0.717) is 11.5 Å². The molecule has 0 aliphatic carbocycles. The molecule has 0 amide bonds. The van der Waals surface area contributed by atoms with Crippen LogP contribution in [0.4, 0.5) is 5.95 Å². The number of hydrogen-bond acceptors (Lipinski definition) is 5. The van der Waals surface area contributed by atoms with Gasteiger partial charge in [-0.3, -0.25) is 0 Å². The molecule has 0 aliphatic rings. The van der Waals surface area contributed by atoms with E-state index in [-0.39, 0.29) is 0 Å². The van der Waals surface area contributed by atoms with Gasteiger partial charge in [0.2, 0.25) is 5.95 Å². The van der Waals surface area contributed by atoms with E-state index >= 15 is 0 Å². The quantitative estimate of drug-likeness (QED) is 0.544. The van der Waals surface area contributed by atoms with Crippen molar-refractivity contribution in [2.24, 2.45) is 0 Å². The van der Waals surface area contributed by atoms with Crippen LogP contribution < -0.4 is 4.90 Å². The van der Waals surface area contributed by atoms with E-state index in [1.165, 1.54) is 11.8 Å². The summed E-state index contributed by atoms with van der Waals surface area (Å²) < 4.78 is 0.